The van der Waals surface area contributed by atoms with Gasteiger partial charge in [-0.1, -0.05) is 60.1 Å². The number of fused-ring (bicyclic) bond motifs is 1. The predicted octanol–water partition coefficient (Wildman–Crippen LogP) is 3.97. The summed E-state index contributed by atoms with van der Waals surface area (Å²) in [5, 5.41) is 9.70. The molecule has 2 N–H and O–H groups in total. The molecule has 0 spiro atoms. The van der Waals surface area contributed by atoms with Gasteiger partial charge in [0, 0.05) is 37.7 Å². The molecule has 0 radical (unpaired) electrons. The molecule has 5 heteroatoms. The molecular weight excluding hydrogens is 382 g/mol. The Hall–Kier alpha value is -2.40. The molecule has 1 aliphatic rings. The third-order valence-corrected chi connectivity index (χ3v) is 5.87. The minimum atomic E-state index is -0.131. The number of likely N-dealkylation sites (N-methyl/N-ethyl adjacent to an activating group) is 1. The Kier molecular flexibility index (Phi) is 6.14. The smallest absolute Gasteiger partial charge is 0.237 e. The third kappa shape index (κ3) is 4.78. The standard InChI is InChI=1S/C24H26ClN3O/c1-26-24(29)23-13-22(16-28(23)15-18-5-4-8-21(25)12-18)27-14-17-9-10-19-6-2-3-7-20(19)11-17/h2-12,22-23,27H,13-16H2,1H3,(H,26,29)/t22-,23+/m1/s1. The first-order valence-corrected chi connectivity index (χ1v) is 10.4. The van der Waals surface area contributed by atoms with Crippen molar-refractivity contribution in [2.24, 2.45) is 0 Å². The van der Waals surface area contributed by atoms with Crippen molar-refractivity contribution in [2.45, 2.75) is 31.6 Å². The van der Waals surface area contributed by atoms with Gasteiger partial charge in [-0.05, 0) is 46.5 Å². The Morgan fingerprint density at radius 3 is 2.66 bits per heavy atom. The molecule has 3 aromatic rings. The molecule has 4 nitrogen and oxygen atoms in total. The van der Waals surface area contributed by atoms with Crippen LogP contribution in [0.25, 0.3) is 10.8 Å². The molecule has 0 saturated carbocycles. The first kappa shape index (κ1) is 19.9. The molecule has 1 saturated heterocycles. The SMILES string of the molecule is CNC(=O)[C@@H]1C[C@@H](NCc2ccc3ccccc3c2)CN1Cc1cccc(Cl)c1. The molecule has 4 rings (SSSR count). The summed E-state index contributed by atoms with van der Waals surface area (Å²) in [6.45, 7) is 2.34. The van der Waals surface area contributed by atoms with E-state index in [0.717, 1.165) is 30.1 Å². The van der Waals surface area contributed by atoms with Crippen molar-refractivity contribution < 1.29 is 4.79 Å². The van der Waals surface area contributed by atoms with Crippen molar-refractivity contribution in [3.05, 3.63) is 82.9 Å². The second kappa shape index (κ2) is 8.95. The van der Waals surface area contributed by atoms with E-state index in [-0.39, 0.29) is 18.0 Å². The molecule has 0 aromatic heterocycles. The summed E-state index contributed by atoms with van der Waals surface area (Å²) >= 11 is 6.13. The zero-order valence-corrected chi connectivity index (χ0v) is 17.3. The van der Waals surface area contributed by atoms with Gasteiger partial charge in [0.25, 0.3) is 0 Å². The molecule has 1 heterocycles. The Morgan fingerprint density at radius 2 is 1.86 bits per heavy atom. The van der Waals surface area contributed by atoms with Gasteiger partial charge in [-0.25, -0.2) is 0 Å². The molecule has 0 unspecified atom stereocenters. The minimum absolute atomic E-state index is 0.0713. The van der Waals surface area contributed by atoms with Gasteiger partial charge in [0.1, 0.15) is 0 Å². The third-order valence-electron chi connectivity index (χ3n) is 5.64. The van der Waals surface area contributed by atoms with Crippen molar-refractivity contribution in [3.63, 3.8) is 0 Å². The van der Waals surface area contributed by atoms with E-state index in [2.05, 4.69) is 64.1 Å². The topological polar surface area (TPSA) is 44.4 Å². The largest absolute Gasteiger partial charge is 0.358 e. The van der Waals surface area contributed by atoms with Crippen LogP contribution in [0, 0.1) is 0 Å². The maximum absolute atomic E-state index is 12.4. The van der Waals surface area contributed by atoms with Crippen LogP contribution in [0.2, 0.25) is 5.02 Å². The first-order valence-electron chi connectivity index (χ1n) is 10.0. The number of halogens is 1. The van der Waals surface area contributed by atoms with E-state index in [9.17, 15) is 4.79 Å². The lowest BCUT2D eigenvalue weighted by Gasteiger charge is -2.23. The highest BCUT2D eigenvalue weighted by atomic mass is 35.5. The second-order valence-electron chi connectivity index (χ2n) is 7.68. The molecule has 1 aliphatic heterocycles. The lowest BCUT2D eigenvalue weighted by molar-refractivity contribution is -0.125. The zero-order valence-electron chi connectivity index (χ0n) is 16.6. The lowest BCUT2D eigenvalue weighted by Crippen LogP contribution is -2.41. The van der Waals surface area contributed by atoms with E-state index in [1.807, 2.05) is 18.2 Å². The quantitative estimate of drug-likeness (QED) is 0.649. The molecule has 1 fully saturated rings. The average Bonchev–Trinajstić information content (AvgIpc) is 3.14. The molecule has 29 heavy (non-hydrogen) atoms. The van der Waals surface area contributed by atoms with Crippen LogP contribution in [0.3, 0.4) is 0 Å². The lowest BCUT2D eigenvalue weighted by atomic mass is 10.1. The van der Waals surface area contributed by atoms with E-state index in [1.54, 1.807) is 7.05 Å². The van der Waals surface area contributed by atoms with Crippen LogP contribution in [-0.2, 0) is 17.9 Å². The van der Waals surface area contributed by atoms with Gasteiger partial charge in [-0.2, -0.15) is 0 Å². The highest BCUT2D eigenvalue weighted by Gasteiger charge is 2.36. The highest BCUT2D eigenvalue weighted by Crippen LogP contribution is 2.23. The molecule has 3 aromatic carbocycles. The van der Waals surface area contributed by atoms with Crippen molar-refractivity contribution in [2.75, 3.05) is 13.6 Å². The monoisotopic (exact) mass is 407 g/mol. The summed E-state index contributed by atoms with van der Waals surface area (Å²) in [7, 11) is 1.70. The van der Waals surface area contributed by atoms with E-state index in [1.165, 1.54) is 16.3 Å². The Morgan fingerprint density at radius 1 is 1.03 bits per heavy atom. The Labute approximate surface area is 176 Å². The van der Waals surface area contributed by atoms with E-state index in [0.29, 0.717) is 6.54 Å². The van der Waals surface area contributed by atoms with Crippen molar-refractivity contribution in [3.8, 4) is 0 Å². The molecule has 150 valence electrons. The fourth-order valence-corrected chi connectivity index (χ4v) is 4.36. The number of carbonyl (C=O) groups excluding carboxylic acids is 1. The van der Waals surface area contributed by atoms with Gasteiger partial charge in [0.2, 0.25) is 5.91 Å². The van der Waals surface area contributed by atoms with Gasteiger partial charge in [0.15, 0.2) is 0 Å². The number of rotatable bonds is 6. The number of hydrogen-bond donors (Lipinski definition) is 2. The Balaban J connectivity index is 1.42. The van der Waals surface area contributed by atoms with E-state index >= 15 is 0 Å². The van der Waals surface area contributed by atoms with Crippen LogP contribution in [0.15, 0.2) is 66.7 Å². The van der Waals surface area contributed by atoms with Gasteiger partial charge >= 0.3 is 0 Å². The molecule has 1 amide bonds. The number of amides is 1. The fourth-order valence-electron chi connectivity index (χ4n) is 4.15. The molecule has 0 aliphatic carbocycles. The zero-order chi connectivity index (χ0) is 20.2. The molecular formula is C24H26ClN3O. The number of carbonyl (C=O) groups is 1. The summed E-state index contributed by atoms with van der Waals surface area (Å²) in [5.74, 6) is 0.0713. The highest BCUT2D eigenvalue weighted by molar-refractivity contribution is 6.30. The molecule has 2 atom stereocenters. The van der Waals surface area contributed by atoms with Crippen molar-refractivity contribution in [1.29, 1.82) is 0 Å². The van der Waals surface area contributed by atoms with Gasteiger partial charge < -0.3 is 10.6 Å². The number of nitrogens with zero attached hydrogens (tertiary/aromatic N) is 1. The summed E-state index contributed by atoms with van der Waals surface area (Å²) in [5.41, 5.74) is 2.38. The molecule has 0 bridgehead atoms. The Bertz CT molecular complexity index is 1010. The van der Waals surface area contributed by atoms with E-state index < -0.39 is 0 Å². The van der Waals surface area contributed by atoms with Crippen molar-refractivity contribution in [1.82, 2.24) is 15.5 Å². The van der Waals surface area contributed by atoms with Gasteiger partial charge in [0.05, 0.1) is 6.04 Å². The number of hydrogen-bond acceptors (Lipinski definition) is 3. The normalized spacial score (nSPS) is 19.5. The van der Waals surface area contributed by atoms with Crippen LogP contribution < -0.4 is 10.6 Å². The van der Waals surface area contributed by atoms with Crippen LogP contribution in [-0.4, -0.2) is 36.5 Å². The second-order valence-corrected chi connectivity index (χ2v) is 8.12. The summed E-state index contributed by atoms with van der Waals surface area (Å²) in [4.78, 5) is 14.7. The summed E-state index contributed by atoms with van der Waals surface area (Å²) < 4.78 is 0. The maximum Gasteiger partial charge on any atom is 0.237 e. The van der Waals surface area contributed by atoms with Crippen LogP contribution >= 0.6 is 11.6 Å². The minimum Gasteiger partial charge on any atom is -0.358 e. The number of benzene rings is 3. The van der Waals surface area contributed by atoms with Crippen LogP contribution in [0.5, 0.6) is 0 Å². The van der Waals surface area contributed by atoms with Gasteiger partial charge in [-0.15, -0.1) is 0 Å². The number of likely N-dealkylation sites (tertiary alicyclic amines) is 1. The number of nitrogens with one attached hydrogen (secondary N) is 2. The van der Waals surface area contributed by atoms with E-state index in [4.69, 9.17) is 11.6 Å². The first-order chi connectivity index (χ1) is 14.1. The summed E-state index contributed by atoms with van der Waals surface area (Å²) in [6, 6.07) is 23.0. The predicted molar refractivity (Wildman–Crippen MR) is 119 cm³/mol. The maximum atomic E-state index is 12.4. The van der Waals surface area contributed by atoms with Crippen molar-refractivity contribution >= 4 is 28.3 Å². The van der Waals surface area contributed by atoms with Crippen LogP contribution in [0.4, 0.5) is 0 Å². The van der Waals surface area contributed by atoms with Crippen LogP contribution in [0.1, 0.15) is 17.5 Å². The average molecular weight is 408 g/mol. The fraction of sp³-hybridized carbons (Fsp3) is 0.292. The summed E-state index contributed by atoms with van der Waals surface area (Å²) in [6.07, 6.45) is 0.799. The van der Waals surface area contributed by atoms with Gasteiger partial charge in [-0.3, -0.25) is 9.69 Å².